The van der Waals surface area contributed by atoms with E-state index in [2.05, 4.69) is 20.8 Å². The molecule has 5 aliphatic carbocycles. The van der Waals surface area contributed by atoms with Crippen LogP contribution in [-0.2, 0) is 4.74 Å². The van der Waals surface area contributed by atoms with Crippen LogP contribution in [0.5, 0.6) is 0 Å². The summed E-state index contributed by atoms with van der Waals surface area (Å²) >= 11 is 0. The fourth-order valence-electron chi connectivity index (χ4n) is 9.90. The molecule has 6 aliphatic rings. The van der Waals surface area contributed by atoms with Gasteiger partial charge in [-0.1, -0.05) is 33.6 Å². The Labute approximate surface area is 148 Å². The van der Waals surface area contributed by atoms with Gasteiger partial charge in [-0.25, -0.2) is 0 Å². The van der Waals surface area contributed by atoms with Crippen LogP contribution in [-0.4, -0.2) is 11.7 Å². The van der Waals surface area contributed by atoms with E-state index < -0.39 is 0 Å². The van der Waals surface area contributed by atoms with Gasteiger partial charge in [-0.2, -0.15) is 0 Å². The minimum absolute atomic E-state index is 0.314. The molecule has 0 aromatic rings. The van der Waals surface area contributed by atoms with Gasteiger partial charge in [0.05, 0.1) is 6.10 Å². The molecule has 6 fully saturated rings. The summed E-state index contributed by atoms with van der Waals surface area (Å²) in [7, 11) is 0. The van der Waals surface area contributed by atoms with Gasteiger partial charge in [0.25, 0.3) is 0 Å². The second-order valence-corrected chi connectivity index (χ2v) is 11.3. The summed E-state index contributed by atoms with van der Waals surface area (Å²) < 4.78 is 6.70. The van der Waals surface area contributed by atoms with Gasteiger partial charge < -0.3 is 4.74 Å². The zero-order valence-electron chi connectivity index (χ0n) is 16.0. The summed E-state index contributed by atoms with van der Waals surface area (Å²) in [4.78, 5) is 0. The van der Waals surface area contributed by atoms with Gasteiger partial charge >= 0.3 is 0 Å². The van der Waals surface area contributed by atoms with Crippen LogP contribution in [0.3, 0.4) is 0 Å². The quantitative estimate of drug-likeness (QED) is 0.510. The molecule has 0 amide bonds. The number of hydrogen-bond donors (Lipinski definition) is 0. The van der Waals surface area contributed by atoms with E-state index in [0.717, 1.165) is 35.5 Å². The topological polar surface area (TPSA) is 12.5 Å². The zero-order valence-corrected chi connectivity index (χ0v) is 16.0. The molecule has 0 bridgehead atoms. The molecular formula is C23H36O. The molecule has 0 aromatic carbocycles. The van der Waals surface area contributed by atoms with E-state index >= 15 is 0 Å². The van der Waals surface area contributed by atoms with Crippen molar-refractivity contribution in [1.82, 2.24) is 0 Å². The lowest BCUT2D eigenvalue weighted by molar-refractivity contribution is -0.153. The molecule has 6 rings (SSSR count). The predicted octanol–water partition coefficient (Wildman–Crippen LogP) is 5.82. The van der Waals surface area contributed by atoms with Crippen molar-refractivity contribution in [3.63, 3.8) is 0 Å². The molecule has 0 aromatic heterocycles. The van der Waals surface area contributed by atoms with Crippen molar-refractivity contribution in [3.8, 4) is 0 Å². The van der Waals surface area contributed by atoms with Crippen LogP contribution >= 0.6 is 0 Å². The first-order chi connectivity index (χ1) is 11.5. The number of ether oxygens (including phenoxy) is 1. The van der Waals surface area contributed by atoms with Crippen molar-refractivity contribution in [1.29, 1.82) is 0 Å². The normalized spacial score (nSPS) is 66.9. The maximum Gasteiger partial charge on any atom is 0.101 e. The average Bonchev–Trinajstić information content (AvgIpc) is 3.12. The molecule has 1 nitrogen and oxygen atoms in total. The second-order valence-electron chi connectivity index (χ2n) is 11.3. The molecule has 0 radical (unpaired) electrons. The summed E-state index contributed by atoms with van der Waals surface area (Å²) in [6.07, 6.45) is 15.6. The van der Waals surface area contributed by atoms with Gasteiger partial charge in [-0.3, -0.25) is 0 Å². The molecule has 1 heteroatoms. The van der Waals surface area contributed by atoms with Gasteiger partial charge in [0.2, 0.25) is 0 Å². The molecule has 1 heterocycles. The van der Waals surface area contributed by atoms with Gasteiger partial charge in [-0.05, 0) is 92.3 Å². The first-order valence-electron chi connectivity index (χ1n) is 11.2. The van der Waals surface area contributed by atoms with Crippen molar-refractivity contribution in [3.05, 3.63) is 0 Å². The van der Waals surface area contributed by atoms with E-state index in [1.807, 2.05) is 0 Å². The van der Waals surface area contributed by atoms with Crippen molar-refractivity contribution in [2.24, 2.45) is 46.3 Å². The smallest absolute Gasteiger partial charge is 0.101 e. The maximum absolute atomic E-state index is 6.70. The number of fused-ring (bicyclic) bond motifs is 4. The fraction of sp³-hybridized carbons (Fsp3) is 1.00. The molecular weight excluding hydrogens is 292 g/mol. The monoisotopic (exact) mass is 328 g/mol. The molecule has 0 N–H and O–H groups in total. The number of epoxide rings is 1. The van der Waals surface area contributed by atoms with Crippen molar-refractivity contribution >= 4 is 0 Å². The van der Waals surface area contributed by atoms with E-state index in [1.165, 1.54) is 51.4 Å². The third-order valence-corrected chi connectivity index (χ3v) is 11.0. The second kappa shape index (κ2) is 4.44. The highest BCUT2D eigenvalue weighted by Crippen LogP contribution is 2.78. The fourth-order valence-corrected chi connectivity index (χ4v) is 9.90. The molecule has 1 saturated heterocycles. The number of rotatable bonds is 0. The zero-order chi connectivity index (χ0) is 16.3. The lowest BCUT2D eigenvalue weighted by Crippen LogP contribution is -2.61. The molecule has 1 spiro atoms. The molecule has 10 unspecified atom stereocenters. The minimum atomic E-state index is 0.314. The number of hydrogen-bond acceptors (Lipinski definition) is 1. The first kappa shape index (κ1) is 15.1. The Hall–Kier alpha value is -0.0400. The van der Waals surface area contributed by atoms with Crippen LogP contribution in [0.2, 0.25) is 0 Å². The summed E-state index contributed by atoms with van der Waals surface area (Å²) in [5.74, 6) is 5.88. The average molecular weight is 329 g/mol. The van der Waals surface area contributed by atoms with Gasteiger partial charge in [0.15, 0.2) is 0 Å². The highest BCUT2D eigenvalue weighted by molar-refractivity contribution is 5.27. The van der Waals surface area contributed by atoms with Crippen molar-refractivity contribution in [2.45, 2.75) is 96.7 Å². The summed E-state index contributed by atoms with van der Waals surface area (Å²) in [5, 5.41) is 0. The van der Waals surface area contributed by atoms with Gasteiger partial charge in [0.1, 0.15) is 5.60 Å². The Balaban J connectivity index is 1.44. The first-order valence-corrected chi connectivity index (χ1v) is 11.2. The highest BCUT2D eigenvalue weighted by atomic mass is 16.6. The van der Waals surface area contributed by atoms with Crippen LogP contribution in [0.1, 0.15) is 85.0 Å². The Morgan fingerprint density at radius 1 is 0.875 bits per heavy atom. The largest absolute Gasteiger partial charge is 0.365 e. The van der Waals surface area contributed by atoms with Gasteiger partial charge in [0, 0.05) is 5.41 Å². The van der Waals surface area contributed by atoms with E-state index in [1.54, 1.807) is 12.8 Å². The maximum atomic E-state index is 6.70. The Morgan fingerprint density at radius 3 is 2.58 bits per heavy atom. The molecule has 134 valence electrons. The Morgan fingerprint density at radius 2 is 1.71 bits per heavy atom. The van der Waals surface area contributed by atoms with Crippen LogP contribution in [0.25, 0.3) is 0 Å². The third-order valence-electron chi connectivity index (χ3n) is 11.0. The van der Waals surface area contributed by atoms with E-state index in [9.17, 15) is 0 Å². The highest BCUT2D eigenvalue weighted by Gasteiger charge is 2.79. The van der Waals surface area contributed by atoms with Crippen molar-refractivity contribution in [2.75, 3.05) is 0 Å². The lowest BCUT2D eigenvalue weighted by Gasteiger charge is -2.63. The van der Waals surface area contributed by atoms with Crippen LogP contribution in [0.4, 0.5) is 0 Å². The third kappa shape index (κ3) is 1.47. The minimum Gasteiger partial charge on any atom is -0.365 e. The predicted molar refractivity (Wildman–Crippen MR) is 96.6 cm³/mol. The summed E-state index contributed by atoms with van der Waals surface area (Å²) in [5.41, 5.74) is 1.48. The summed E-state index contributed by atoms with van der Waals surface area (Å²) in [6.45, 7) is 7.94. The van der Waals surface area contributed by atoms with Crippen molar-refractivity contribution < 1.29 is 4.74 Å². The van der Waals surface area contributed by atoms with Gasteiger partial charge in [-0.15, -0.1) is 0 Å². The van der Waals surface area contributed by atoms with E-state index in [4.69, 9.17) is 4.74 Å². The molecule has 10 atom stereocenters. The van der Waals surface area contributed by atoms with E-state index in [-0.39, 0.29) is 0 Å². The molecule has 1 aliphatic heterocycles. The van der Waals surface area contributed by atoms with Crippen LogP contribution in [0.15, 0.2) is 0 Å². The van der Waals surface area contributed by atoms with Crippen LogP contribution in [0, 0.1) is 46.3 Å². The lowest BCUT2D eigenvalue weighted by atomic mass is 9.40. The van der Waals surface area contributed by atoms with Crippen LogP contribution < -0.4 is 0 Å². The Kier molecular flexibility index (Phi) is 2.78. The summed E-state index contributed by atoms with van der Waals surface area (Å²) in [6, 6.07) is 0. The molecule has 24 heavy (non-hydrogen) atoms. The SMILES string of the molecule is CC1CC2OC23CC2C(CCC4CCCCC42C)C2CCC1C23C. The molecule has 5 saturated carbocycles. The standard InChI is InChI=1S/C23H36O/c1-14-12-20-23(24-20)13-19-16(18-10-9-17(14)22(18,23)3)8-7-15-6-4-5-11-21(15,19)2/h14-20H,4-13H2,1-3H3. The Bertz CT molecular complexity index is 570. The van der Waals surface area contributed by atoms with E-state index in [0.29, 0.717) is 22.5 Å².